The van der Waals surface area contributed by atoms with Gasteiger partial charge in [-0.3, -0.25) is 14.4 Å². The van der Waals surface area contributed by atoms with Crippen LogP contribution >= 0.6 is 0 Å². The summed E-state index contributed by atoms with van der Waals surface area (Å²) in [5, 5.41) is 0. The average molecular weight is 397 g/mol. The molecule has 4 nitrogen and oxygen atoms in total. The van der Waals surface area contributed by atoms with E-state index in [0.717, 1.165) is 24.8 Å². The summed E-state index contributed by atoms with van der Waals surface area (Å²) < 4.78 is 5.83. The zero-order chi connectivity index (χ0) is 21.4. The van der Waals surface area contributed by atoms with Crippen molar-refractivity contribution in [2.75, 3.05) is 0 Å². The van der Waals surface area contributed by atoms with Crippen LogP contribution in [0.5, 0.6) is 0 Å². The molecule has 4 heteroatoms. The molecule has 0 heterocycles. The molecule has 0 aromatic carbocycles. The highest BCUT2D eigenvalue weighted by Crippen LogP contribution is 2.68. The van der Waals surface area contributed by atoms with Crippen LogP contribution in [0.2, 0.25) is 0 Å². The summed E-state index contributed by atoms with van der Waals surface area (Å²) in [7, 11) is 0. The second-order valence-corrected chi connectivity index (χ2v) is 10.2. The Kier molecular flexibility index (Phi) is 4.39. The second kappa shape index (κ2) is 6.26. The third-order valence-corrected chi connectivity index (χ3v) is 8.78. The number of carbonyl (C=O) groups is 3. The number of ketones is 2. The zero-order valence-corrected chi connectivity index (χ0v) is 18.3. The third kappa shape index (κ3) is 2.47. The quantitative estimate of drug-likeness (QED) is 0.500. The number of rotatable bonds is 2. The lowest BCUT2D eigenvalue weighted by atomic mass is 9.47. The Labute approximate surface area is 173 Å². The summed E-state index contributed by atoms with van der Waals surface area (Å²) in [4.78, 5) is 37.0. The molecule has 4 aliphatic rings. The molecule has 0 aromatic rings. The molecule has 4 aliphatic carbocycles. The van der Waals surface area contributed by atoms with Crippen molar-refractivity contribution in [3.8, 4) is 0 Å². The maximum Gasteiger partial charge on any atom is 0.303 e. The standard InChI is InChI=1S/C25H32O4/c1-14-11-19-20(23(5)9-7-18(28)13-21(14)23)8-10-24(6)22(19)12-15(2)25(24,16(3)26)29-17(4)27/h11,13,19-20,22H,2,7-10,12H2,1,3-6H3/t19?,20?,22?,23?,24?,25-/m0/s1. The van der Waals surface area contributed by atoms with E-state index in [2.05, 4.69) is 33.4 Å². The molecule has 5 unspecified atom stereocenters. The van der Waals surface area contributed by atoms with Crippen LogP contribution in [0.25, 0.3) is 0 Å². The molecule has 0 saturated heterocycles. The molecule has 0 amide bonds. The number of allylic oxidation sites excluding steroid dienone is 4. The zero-order valence-electron chi connectivity index (χ0n) is 18.3. The Morgan fingerprint density at radius 1 is 1.17 bits per heavy atom. The number of hydrogen-bond donors (Lipinski definition) is 0. The summed E-state index contributed by atoms with van der Waals surface area (Å²) in [6.07, 6.45) is 8.15. The monoisotopic (exact) mass is 396 g/mol. The van der Waals surface area contributed by atoms with Crippen LogP contribution in [0.15, 0.2) is 35.5 Å². The van der Waals surface area contributed by atoms with Crippen LogP contribution in [0.1, 0.15) is 66.7 Å². The van der Waals surface area contributed by atoms with E-state index in [0.29, 0.717) is 18.8 Å². The van der Waals surface area contributed by atoms with Crippen molar-refractivity contribution in [3.05, 3.63) is 35.5 Å². The first-order chi connectivity index (χ1) is 13.5. The van der Waals surface area contributed by atoms with Gasteiger partial charge >= 0.3 is 5.97 Å². The fraction of sp³-hybridized carbons (Fsp3) is 0.640. The van der Waals surface area contributed by atoms with Crippen LogP contribution in [0, 0.1) is 28.6 Å². The van der Waals surface area contributed by atoms with Crippen LogP contribution in [-0.4, -0.2) is 23.1 Å². The van der Waals surface area contributed by atoms with Gasteiger partial charge in [0.1, 0.15) is 0 Å². The van der Waals surface area contributed by atoms with Crippen LogP contribution in [0.3, 0.4) is 0 Å². The number of fused-ring (bicyclic) bond motifs is 5. The molecular formula is C25H32O4. The smallest absolute Gasteiger partial charge is 0.303 e. The van der Waals surface area contributed by atoms with Crippen molar-refractivity contribution in [2.24, 2.45) is 28.6 Å². The van der Waals surface area contributed by atoms with Crippen molar-refractivity contribution < 1.29 is 19.1 Å². The summed E-state index contributed by atoms with van der Waals surface area (Å²) in [5.41, 5.74) is 1.43. The van der Waals surface area contributed by atoms with E-state index in [1.807, 2.05) is 6.08 Å². The lowest BCUT2D eigenvalue weighted by Gasteiger charge is -2.57. The number of hydrogen-bond acceptors (Lipinski definition) is 4. The van der Waals surface area contributed by atoms with Gasteiger partial charge in [0, 0.05) is 18.8 Å². The van der Waals surface area contributed by atoms with Crippen molar-refractivity contribution >= 4 is 17.5 Å². The van der Waals surface area contributed by atoms with Gasteiger partial charge in [0.2, 0.25) is 0 Å². The summed E-state index contributed by atoms with van der Waals surface area (Å²) in [5.74, 6) is 0.595. The van der Waals surface area contributed by atoms with Gasteiger partial charge in [-0.25, -0.2) is 0 Å². The Morgan fingerprint density at radius 3 is 2.48 bits per heavy atom. The lowest BCUT2D eigenvalue weighted by molar-refractivity contribution is -0.179. The van der Waals surface area contributed by atoms with E-state index >= 15 is 0 Å². The van der Waals surface area contributed by atoms with E-state index in [4.69, 9.17) is 4.74 Å². The molecule has 2 fully saturated rings. The maximum absolute atomic E-state index is 12.9. The van der Waals surface area contributed by atoms with Crippen LogP contribution < -0.4 is 0 Å². The van der Waals surface area contributed by atoms with Gasteiger partial charge in [-0.1, -0.05) is 32.1 Å². The van der Waals surface area contributed by atoms with Gasteiger partial charge in [0.25, 0.3) is 0 Å². The highest BCUT2D eigenvalue weighted by molar-refractivity contribution is 5.93. The Morgan fingerprint density at radius 2 is 1.86 bits per heavy atom. The first-order valence-electron chi connectivity index (χ1n) is 10.8. The number of ether oxygens (including phenoxy) is 1. The SMILES string of the molecule is C=C1CC2C3C=C(C)C4=CC(=O)CCC4(C)C3CCC2(C)[C@@]1(OC(C)=O)C(C)=O. The van der Waals surface area contributed by atoms with Crippen molar-refractivity contribution in [1.82, 2.24) is 0 Å². The highest BCUT2D eigenvalue weighted by atomic mass is 16.6. The number of carbonyl (C=O) groups excluding carboxylic acids is 3. The summed E-state index contributed by atoms with van der Waals surface area (Å²) in [6, 6.07) is 0. The lowest BCUT2D eigenvalue weighted by Crippen LogP contribution is -2.58. The molecule has 0 spiro atoms. The first kappa shape index (κ1) is 20.3. The minimum atomic E-state index is -1.23. The fourth-order valence-corrected chi connectivity index (χ4v) is 7.50. The van der Waals surface area contributed by atoms with Gasteiger partial charge in [-0.15, -0.1) is 0 Å². The number of Topliss-reactive ketones (excluding diaryl/α,β-unsaturated/α-hetero) is 1. The van der Waals surface area contributed by atoms with Crippen molar-refractivity contribution in [3.63, 3.8) is 0 Å². The van der Waals surface area contributed by atoms with Crippen LogP contribution in [0.4, 0.5) is 0 Å². The largest absolute Gasteiger partial charge is 0.446 e. The van der Waals surface area contributed by atoms with Crippen molar-refractivity contribution in [2.45, 2.75) is 72.3 Å². The van der Waals surface area contributed by atoms with Gasteiger partial charge in [-0.2, -0.15) is 0 Å². The molecule has 156 valence electrons. The normalized spacial score (nSPS) is 43.6. The molecular weight excluding hydrogens is 364 g/mol. The Hall–Kier alpha value is -1.97. The average Bonchev–Trinajstić information content (AvgIpc) is 2.85. The van der Waals surface area contributed by atoms with Crippen LogP contribution in [-0.2, 0) is 19.1 Å². The molecule has 0 N–H and O–H groups in total. The first-order valence-corrected chi connectivity index (χ1v) is 10.8. The predicted molar refractivity (Wildman–Crippen MR) is 111 cm³/mol. The Balaban J connectivity index is 1.84. The van der Waals surface area contributed by atoms with Gasteiger partial charge < -0.3 is 4.74 Å². The maximum atomic E-state index is 12.9. The van der Waals surface area contributed by atoms with E-state index < -0.39 is 17.0 Å². The number of esters is 1. The molecule has 4 rings (SSSR count). The summed E-state index contributed by atoms with van der Waals surface area (Å²) in [6.45, 7) is 13.7. The molecule has 29 heavy (non-hydrogen) atoms. The van der Waals surface area contributed by atoms with Gasteiger partial charge in [-0.05, 0) is 79.9 Å². The van der Waals surface area contributed by atoms with E-state index in [-0.39, 0.29) is 28.8 Å². The highest BCUT2D eigenvalue weighted by Gasteiger charge is 2.69. The Bertz CT molecular complexity index is 892. The van der Waals surface area contributed by atoms with E-state index in [1.165, 1.54) is 25.0 Å². The molecule has 0 aliphatic heterocycles. The van der Waals surface area contributed by atoms with E-state index in [1.54, 1.807) is 0 Å². The molecule has 0 radical (unpaired) electrons. The minimum absolute atomic E-state index is 0.0109. The molecule has 0 aromatic heterocycles. The predicted octanol–water partition coefficient (Wildman–Crippen LogP) is 4.74. The topological polar surface area (TPSA) is 60.4 Å². The third-order valence-electron chi connectivity index (χ3n) is 8.78. The fourth-order valence-electron chi connectivity index (χ4n) is 7.50. The van der Waals surface area contributed by atoms with Crippen molar-refractivity contribution in [1.29, 1.82) is 0 Å². The molecule has 0 bridgehead atoms. The van der Waals surface area contributed by atoms with Gasteiger partial charge in [0.15, 0.2) is 17.2 Å². The molecule has 6 atom stereocenters. The summed E-state index contributed by atoms with van der Waals surface area (Å²) >= 11 is 0. The molecule has 2 saturated carbocycles. The van der Waals surface area contributed by atoms with E-state index in [9.17, 15) is 14.4 Å². The second-order valence-electron chi connectivity index (χ2n) is 10.2. The minimum Gasteiger partial charge on any atom is -0.446 e. The van der Waals surface area contributed by atoms with Gasteiger partial charge in [0.05, 0.1) is 0 Å².